The van der Waals surface area contributed by atoms with Gasteiger partial charge in [-0.2, -0.15) is 4.98 Å². The second kappa shape index (κ2) is 12.3. The van der Waals surface area contributed by atoms with Gasteiger partial charge in [0.25, 0.3) is 0 Å². The zero-order valence-electron chi connectivity index (χ0n) is 29.8. The SMILES string of the molecule is [CH2]CCCCCN1C(C)(C)CC([N])(c2n[c][nH]c(=NC(C)(C)CC(C)(C)C)n2)C(=NC2CC(C)(C)NC(C)(C)C2)C1(C)C. The van der Waals surface area contributed by atoms with Gasteiger partial charge in [0.05, 0.1) is 22.8 Å². The fourth-order valence-electron chi connectivity index (χ4n) is 8.54. The number of aromatic nitrogens is 3. The molecular formula is C35H62N8. The molecule has 2 N–H and O–H groups in total. The largest absolute Gasteiger partial charge is 0.307 e. The summed E-state index contributed by atoms with van der Waals surface area (Å²) in [4.78, 5) is 25.5. The minimum Gasteiger partial charge on any atom is -0.307 e. The van der Waals surface area contributed by atoms with E-state index in [0.29, 0.717) is 17.9 Å². The number of piperidine rings is 2. The Kier molecular flexibility index (Phi) is 10.2. The summed E-state index contributed by atoms with van der Waals surface area (Å²) in [5, 5.41) is 3.79. The highest BCUT2D eigenvalue weighted by atomic mass is 15.3. The third-order valence-corrected chi connectivity index (χ3v) is 8.96. The van der Waals surface area contributed by atoms with E-state index in [9.17, 15) is 5.73 Å². The van der Waals surface area contributed by atoms with Gasteiger partial charge in [-0.15, -0.1) is 5.73 Å². The molecule has 0 spiro atoms. The molecule has 1 aromatic heterocycles. The average molecular weight is 595 g/mol. The van der Waals surface area contributed by atoms with Crippen LogP contribution in [0.3, 0.4) is 0 Å². The highest BCUT2D eigenvalue weighted by molar-refractivity contribution is 6.01. The molecule has 1 atom stereocenters. The lowest BCUT2D eigenvalue weighted by Gasteiger charge is -2.58. The van der Waals surface area contributed by atoms with E-state index in [1.165, 1.54) is 0 Å². The Balaban J connectivity index is 2.19. The summed E-state index contributed by atoms with van der Waals surface area (Å²) in [6, 6.07) is 0.0513. The first-order valence-electron chi connectivity index (χ1n) is 16.5. The molecule has 2 fully saturated rings. The maximum Gasteiger partial charge on any atom is 0.226 e. The molecule has 1 unspecified atom stereocenters. The molecule has 0 saturated carbocycles. The van der Waals surface area contributed by atoms with Gasteiger partial charge in [-0.05, 0) is 113 Å². The molecule has 0 bridgehead atoms. The van der Waals surface area contributed by atoms with Crippen molar-refractivity contribution in [2.45, 2.75) is 181 Å². The summed E-state index contributed by atoms with van der Waals surface area (Å²) in [5.41, 5.74) is 11.4. The zero-order valence-corrected chi connectivity index (χ0v) is 29.8. The maximum atomic E-state index is 12.9. The first kappa shape index (κ1) is 35.8. The lowest BCUT2D eigenvalue weighted by Crippen LogP contribution is -2.71. The Hall–Kier alpha value is -1.64. The quantitative estimate of drug-likeness (QED) is 0.323. The Bertz CT molecular complexity index is 1180. The van der Waals surface area contributed by atoms with Gasteiger partial charge in [0.15, 0.2) is 17.7 Å². The van der Waals surface area contributed by atoms with Crippen LogP contribution in [-0.2, 0) is 5.54 Å². The third-order valence-electron chi connectivity index (χ3n) is 8.96. The van der Waals surface area contributed by atoms with Gasteiger partial charge in [-0.1, -0.05) is 47.0 Å². The van der Waals surface area contributed by atoms with E-state index in [1.54, 1.807) is 0 Å². The van der Waals surface area contributed by atoms with Gasteiger partial charge in [0, 0.05) is 16.6 Å². The number of rotatable bonds is 9. The summed E-state index contributed by atoms with van der Waals surface area (Å²) in [7, 11) is 0. The average Bonchev–Trinajstić information content (AvgIpc) is 2.77. The van der Waals surface area contributed by atoms with Crippen molar-refractivity contribution in [1.29, 1.82) is 0 Å². The van der Waals surface area contributed by atoms with Crippen LogP contribution in [0.25, 0.3) is 0 Å². The summed E-state index contributed by atoms with van der Waals surface area (Å²) in [5.74, 6) is 0.320. The van der Waals surface area contributed by atoms with Gasteiger partial charge < -0.3 is 10.3 Å². The number of H-pyrrole nitrogens is 1. The van der Waals surface area contributed by atoms with Crippen molar-refractivity contribution in [2.24, 2.45) is 15.4 Å². The standard InChI is InChI=1S/C35H62N8/c1-15-16-17-18-19-43-33(11,12)23-35(36,27-37-24-38-28(40-27)41-32(9,10)22-29(2,3)4)26(34(43,13)14)39-25-20-30(5,6)42-31(7,8)21-25/h25,42H,1,15-23H2,2-14H3,(H,37,38,40,41). The molecule has 8 heteroatoms. The van der Waals surface area contributed by atoms with Crippen LogP contribution in [0, 0.1) is 18.7 Å². The zero-order chi connectivity index (χ0) is 32.7. The number of hydrogen-bond donors (Lipinski definition) is 2. The minimum absolute atomic E-state index is 0.0513. The van der Waals surface area contributed by atoms with Crippen LogP contribution in [-0.4, -0.2) is 65.8 Å². The topological polar surface area (TPSA) is 104 Å². The first-order valence-corrected chi connectivity index (χ1v) is 16.5. The van der Waals surface area contributed by atoms with Crippen LogP contribution in [0.2, 0.25) is 0 Å². The molecule has 2 aliphatic rings. The Labute approximate surface area is 263 Å². The molecular weight excluding hydrogens is 532 g/mol. The predicted octanol–water partition coefficient (Wildman–Crippen LogP) is 6.39. The highest BCUT2D eigenvalue weighted by Gasteiger charge is 2.59. The second-order valence-corrected chi connectivity index (χ2v) is 17.7. The number of hydrogen-bond acceptors (Lipinski definition) is 6. The van der Waals surface area contributed by atoms with Crippen molar-refractivity contribution >= 4 is 5.71 Å². The second-order valence-electron chi connectivity index (χ2n) is 17.7. The van der Waals surface area contributed by atoms with Gasteiger partial charge in [-0.25, -0.2) is 9.98 Å². The first-order chi connectivity index (χ1) is 19.4. The summed E-state index contributed by atoms with van der Waals surface area (Å²) < 4.78 is 0. The predicted molar refractivity (Wildman–Crippen MR) is 178 cm³/mol. The van der Waals surface area contributed by atoms with Crippen LogP contribution in [0.1, 0.15) is 147 Å². The minimum atomic E-state index is -1.47. The molecule has 4 radical (unpaired) electrons. The van der Waals surface area contributed by atoms with Gasteiger partial charge in [0.2, 0.25) is 5.62 Å². The van der Waals surface area contributed by atoms with E-state index in [4.69, 9.17) is 15.0 Å². The van der Waals surface area contributed by atoms with E-state index in [0.717, 1.165) is 57.2 Å². The lowest BCUT2D eigenvalue weighted by atomic mass is 9.66. The molecule has 43 heavy (non-hydrogen) atoms. The van der Waals surface area contributed by atoms with Crippen molar-refractivity contribution in [3.8, 4) is 0 Å². The molecule has 3 rings (SSSR count). The fraction of sp³-hybridized carbons (Fsp3) is 0.857. The van der Waals surface area contributed by atoms with Crippen molar-refractivity contribution in [3.05, 3.63) is 24.7 Å². The van der Waals surface area contributed by atoms with Crippen LogP contribution >= 0.6 is 0 Å². The Morgan fingerprint density at radius 2 is 1.58 bits per heavy atom. The van der Waals surface area contributed by atoms with E-state index >= 15 is 0 Å². The van der Waals surface area contributed by atoms with Crippen molar-refractivity contribution in [3.63, 3.8) is 0 Å². The number of likely N-dealkylation sites (tertiary alicyclic amines) is 1. The molecule has 8 nitrogen and oxygen atoms in total. The van der Waals surface area contributed by atoms with Crippen LogP contribution < -0.4 is 16.7 Å². The maximum absolute atomic E-state index is 12.9. The molecule has 2 saturated heterocycles. The normalized spacial score (nSPS) is 27.5. The number of aliphatic imine (C=N–C) groups is 1. The molecule has 0 amide bonds. The number of nitrogens with one attached hydrogen (secondary N) is 2. The molecule has 0 aliphatic carbocycles. The molecule has 1 aromatic rings. The van der Waals surface area contributed by atoms with Crippen LogP contribution in [0.5, 0.6) is 0 Å². The number of nitrogens with zero attached hydrogens (tertiary/aromatic N) is 6. The molecule has 0 aromatic carbocycles. The van der Waals surface area contributed by atoms with E-state index in [1.807, 2.05) is 0 Å². The molecule has 2 aliphatic heterocycles. The summed E-state index contributed by atoms with van der Waals surface area (Å²) >= 11 is 0. The third kappa shape index (κ3) is 8.97. The molecule has 3 heterocycles. The smallest absolute Gasteiger partial charge is 0.226 e. The van der Waals surface area contributed by atoms with E-state index < -0.39 is 11.1 Å². The van der Waals surface area contributed by atoms with Crippen molar-refractivity contribution in [1.82, 2.24) is 30.9 Å². The van der Waals surface area contributed by atoms with E-state index in [-0.39, 0.29) is 33.6 Å². The highest BCUT2D eigenvalue weighted by Crippen LogP contribution is 2.46. The van der Waals surface area contributed by atoms with E-state index in [2.05, 4.69) is 123 Å². The van der Waals surface area contributed by atoms with Crippen molar-refractivity contribution < 1.29 is 0 Å². The van der Waals surface area contributed by atoms with Gasteiger partial charge in [0.1, 0.15) is 0 Å². The monoisotopic (exact) mass is 595 g/mol. The number of unbranched alkanes of at least 4 members (excludes halogenated alkanes) is 3. The van der Waals surface area contributed by atoms with Gasteiger partial charge >= 0.3 is 0 Å². The molecule has 242 valence electrons. The Morgan fingerprint density at radius 3 is 2.14 bits per heavy atom. The fourth-order valence-corrected chi connectivity index (χ4v) is 8.54. The van der Waals surface area contributed by atoms with Crippen molar-refractivity contribution in [2.75, 3.05) is 6.54 Å². The Morgan fingerprint density at radius 1 is 0.977 bits per heavy atom. The summed E-state index contributed by atoms with van der Waals surface area (Å²) in [6.07, 6.45) is 10.3. The number of aromatic amines is 1. The van der Waals surface area contributed by atoms with Gasteiger partial charge in [-0.3, -0.25) is 9.89 Å². The van der Waals surface area contributed by atoms with Crippen LogP contribution in [0.15, 0.2) is 9.98 Å². The van der Waals surface area contributed by atoms with Crippen LogP contribution in [0.4, 0.5) is 0 Å². The summed E-state index contributed by atoms with van der Waals surface area (Å²) in [6.45, 7) is 33.7. The lowest BCUT2D eigenvalue weighted by molar-refractivity contribution is 0.00679.